The third-order valence-corrected chi connectivity index (χ3v) is 4.93. The van der Waals surface area contributed by atoms with Gasteiger partial charge in [0.15, 0.2) is 17.3 Å². The zero-order valence-corrected chi connectivity index (χ0v) is 17.7. The maximum absolute atomic E-state index is 13.8. The molecule has 0 atom stereocenters. The van der Waals surface area contributed by atoms with Crippen LogP contribution in [-0.2, 0) is 13.2 Å². The third-order valence-electron chi connectivity index (χ3n) is 4.57. The molecular formula is C21H15ClF3N5O3. The molecule has 0 bridgehead atoms. The highest BCUT2D eigenvalue weighted by atomic mass is 35.5. The maximum Gasteiger partial charge on any atom is 0.280 e. The molecule has 0 unspecified atom stereocenters. The van der Waals surface area contributed by atoms with E-state index in [4.69, 9.17) is 20.9 Å². The number of nitrogens with one attached hydrogen (secondary N) is 1. The number of benzene rings is 2. The van der Waals surface area contributed by atoms with Crippen LogP contribution < -0.4 is 10.1 Å². The van der Waals surface area contributed by atoms with E-state index in [0.717, 1.165) is 12.1 Å². The van der Waals surface area contributed by atoms with E-state index in [9.17, 15) is 18.0 Å². The van der Waals surface area contributed by atoms with Crippen molar-refractivity contribution in [3.63, 3.8) is 0 Å². The number of aryl methyl sites for hydroxylation is 1. The van der Waals surface area contributed by atoms with Gasteiger partial charge in [0.1, 0.15) is 30.3 Å². The van der Waals surface area contributed by atoms with Crippen molar-refractivity contribution in [2.75, 3.05) is 5.32 Å². The number of ether oxygens (including phenoxy) is 1. The smallest absolute Gasteiger partial charge is 0.280 e. The van der Waals surface area contributed by atoms with Gasteiger partial charge in [0.25, 0.3) is 5.91 Å². The van der Waals surface area contributed by atoms with Crippen LogP contribution in [0.5, 0.6) is 5.75 Å². The summed E-state index contributed by atoms with van der Waals surface area (Å²) in [6.07, 6.45) is 1.37. The van der Waals surface area contributed by atoms with E-state index in [1.165, 1.54) is 29.2 Å². The number of nitrogens with zero attached hydrogens (tertiary/aromatic N) is 4. The van der Waals surface area contributed by atoms with Gasteiger partial charge in [-0.25, -0.2) is 22.8 Å². The van der Waals surface area contributed by atoms with Gasteiger partial charge < -0.3 is 9.26 Å². The first-order valence-electron chi connectivity index (χ1n) is 9.48. The van der Waals surface area contributed by atoms with E-state index in [2.05, 4.69) is 20.6 Å². The first-order valence-corrected chi connectivity index (χ1v) is 9.85. The zero-order valence-electron chi connectivity index (χ0n) is 17.0. The third kappa shape index (κ3) is 5.14. The Morgan fingerprint density at radius 2 is 1.94 bits per heavy atom. The van der Waals surface area contributed by atoms with Crippen LogP contribution in [-0.4, -0.2) is 25.8 Å². The standard InChI is InChI=1S/C21H15ClF3N5O3/c1-11-15(9-32-18-5-4-14(24)7-17(18)25)19(29-33-11)20(31)27-21-26-10-30(28-21)8-12-2-3-13(23)6-16(12)22/h2-7,10H,8-9H2,1H3,(H,27,28,31). The van der Waals surface area contributed by atoms with Gasteiger partial charge in [-0.05, 0) is 36.8 Å². The molecule has 2 aromatic carbocycles. The summed E-state index contributed by atoms with van der Waals surface area (Å²) < 4.78 is 51.9. The molecule has 0 saturated heterocycles. The van der Waals surface area contributed by atoms with Gasteiger partial charge in [-0.2, -0.15) is 0 Å². The number of anilines is 1. The molecule has 0 radical (unpaired) electrons. The summed E-state index contributed by atoms with van der Waals surface area (Å²) in [5.41, 5.74) is 0.780. The van der Waals surface area contributed by atoms with Crippen LogP contribution in [0.2, 0.25) is 5.02 Å². The van der Waals surface area contributed by atoms with Crippen molar-refractivity contribution in [1.29, 1.82) is 0 Å². The lowest BCUT2D eigenvalue weighted by atomic mass is 10.2. The second kappa shape index (κ2) is 9.33. The van der Waals surface area contributed by atoms with E-state index in [0.29, 0.717) is 11.6 Å². The molecule has 2 aromatic heterocycles. The first-order chi connectivity index (χ1) is 15.8. The molecule has 0 aliphatic heterocycles. The second-order valence-corrected chi connectivity index (χ2v) is 7.29. The number of hydrogen-bond acceptors (Lipinski definition) is 6. The Morgan fingerprint density at radius 3 is 2.70 bits per heavy atom. The number of carbonyl (C=O) groups is 1. The largest absolute Gasteiger partial charge is 0.486 e. The number of rotatable bonds is 7. The lowest BCUT2D eigenvalue weighted by Crippen LogP contribution is -2.16. The highest BCUT2D eigenvalue weighted by Gasteiger charge is 2.22. The molecule has 1 N–H and O–H groups in total. The molecule has 4 rings (SSSR count). The quantitative estimate of drug-likeness (QED) is 0.420. The Labute approximate surface area is 189 Å². The van der Waals surface area contributed by atoms with Gasteiger partial charge in [0.2, 0.25) is 5.95 Å². The van der Waals surface area contributed by atoms with Gasteiger partial charge >= 0.3 is 0 Å². The molecule has 0 fully saturated rings. The Morgan fingerprint density at radius 1 is 1.18 bits per heavy atom. The number of halogens is 4. The predicted octanol–water partition coefficient (Wildman–Crippen LogP) is 4.52. The molecule has 1 amide bonds. The van der Waals surface area contributed by atoms with Crippen LogP contribution in [0.4, 0.5) is 19.1 Å². The summed E-state index contributed by atoms with van der Waals surface area (Å²) in [5, 5.41) is 10.6. The molecule has 8 nitrogen and oxygen atoms in total. The predicted molar refractivity (Wildman–Crippen MR) is 110 cm³/mol. The first kappa shape index (κ1) is 22.3. The average molecular weight is 478 g/mol. The van der Waals surface area contributed by atoms with E-state index in [1.807, 2.05) is 0 Å². The van der Waals surface area contributed by atoms with Crippen molar-refractivity contribution in [1.82, 2.24) is 19.9 Å². The van der Waals surface area contributed by atoms with Crippen LogP contribution in [0.25, 0.3) is 0 Å². The lowest BCUT2D eigenvalue weighted by molar-refractivity contribution is 0.101. The number of carbonyl (C=O) groups excluding carboxylic acids is 1. The van der Waals surface area contributed by atoms with Crippen LogP contribution in [0.1, 0.15) is 27.4 Å². The fourth-order valence-corrected chi connectivity index (χ4v) is 3.12. The Bertz CT molecular complexity index is 1320. The molecular weight excluding hydrogens is 463 g/mol. The van der Waals surface area contributed by atoms with Crippen molar-refractivity contribution < 1.29 is 27.2 Å². The Kier molecular flexibility index (Phi) is 6.31. The maximum atomic E-state index is 13.8. The van der Waals surface area contributed by atoms with Gasteiger partial charge in [-0.1, -0.05) is 22.8 Å². The Hall–Kier alpha value is -3.86. The minimum Gasteiger partial charge on any atom is -0.486 e. The van der Waals surface area contributed by atoms with E-state index < -0.39 is 23.4 Å². The molecule has 170 valence electrons. The molecule has 0 saturated carbocycles. The van der Waals surface area contributed by atoms with Crippen molar-refractivity contribution >= 4 is 23.5 Å². The van der Waals surface area contributed by atoms with Crippen LogP contribution in [0.15, 0.2) is 47.2 Å². The number of aromatic nitrogens is 4. The molecule has 0 aliphatic carbocycles. The summed E-state index contributed by atoms with van der Waals surface area (Å²) in [4.78, 5) is 16.7. The van der Waals surface area contributed by atoms with E-state index >= 15 is 0 Å². The van der Waals surface area contributed by atoms with Crippen molar-refractivity contribution in [3.8, 4) is 5.75 Å². The normalized spacial score (nSPS) is 10.9. The minimum atomic E-state index is -0.883. The van der Waals surface area contributed by atoms with Crippen LogP contribution >= 0.6 is 11.6 Å². The molecule has 0 spiro atoms. The fraction of sp³-hybridized carbons (Fsp3) is 0.143. The second-order valence-electron chi connectivity index (χ2n) is 6.88. The fourth-order valence-electron chi connectivity index (χ4n) is 2.89. The Balaban J connectivity index is 1.44. The number of amides is 1. The van der Waals surface area contributed by atoms with Crippen molar-refractivity contribution in [2.24, 2.45) is 0 Å². The van der Waals surface area contributed by atoms with Gasteiger partial charge in [-0.15, -0.1) is 5.10 Å². The molecule has 33 heavy (non-hydrogen) atoms. The minimum absolute atomic E-state index is 0.0182. The van der Waals surface area contributed by atoms with Gasteiger partial charge in [0.05, 0.1) is 12.1 Å². The van der Waals surface area contributed by atoms with E-state index in [1.54, 1.807) is 6.92 Å². The zero-order chi connectivity index (χ0) is 23.5. The summed E-state index contributed by atoms with van der Waals surface area (Å²) in [5.74, 6) is -2.69. The van der Waals surface area contributed by atoms with Crippen LogP contribution in [0.3, 0.4) is 0 Å². The molecule has 12 heteroatoms. The highest BCUT2D eigenvalue weighted by molar-refractivity contribution is 6.31. The summed E-state index contributed by atoms with van der Waals surface area (Å²) >= 11 is 6.02. The van der Waals surface area contributed by atoms with Gasteiger partial charge in [-0.3, -0.25) is 10.1 Å². The molecule has 4 aromatic rings. The average Bonchev–Trinajstić information content (AvgIpc) is 3.35. The van der Waals surface area contributed by atoms with Crippen LogP contribution in [0, 0.1) is 24.4 Å². The van der Waals surface area contributed by atoms with E-state index in [-0.39, 0.29) is 46.9 Å². The van der Waals surface area contributed by atoms with Crippen molar-refractivity contribution in [3.05, 3.63) is 87.8 Å². The number of hydrogen-bond donors (Lipinski definition) is 1. The monoisotopic (exact) mass is 477 g/mol. The highest BCUT2D eigenvalue weighted by Crippen LogP contribution is 2.22. The topological polar surface area (TPSA) is 95.1 Å². The molecule has 2 heterocycles. The lowest BCUT2D eigenvalue weighted by Gasteiger charge is -2.07. The van der Waals surface area contributed by atoms with Gasteiger partial charge in [0, 0.05) is 11.1 Å². The molecule has 0 aliphatic rings. The summed E-state index contributed by atoms with van der Waals surface area (Å²) in [6, 6.07) is 6.85. The summed E-state index contributed by atoms with van der Waals surface area (Å²) in [7, 11) is 0. The SMILES string of the molecule is Cc1onc(C(=O)Nc2ncn(Cc3ccc(F)cc3Cl)n2)c1COc1ccc(F)cc1F. The summed E-state index contributed by atoms with van der Waals surface area (Å²) in [6.45, 7) is 1.52. The van der Waals surface area contributed by atoms with Crippen molar-refractivity contribution in [2.45, 2.75) is 20.1 Å².